The van der Waals surface area contributed by atoms with Gasteiger partial charge in [0.2, 0.25) is 15.9 Å². The minimum Gasteiger partial charge on any atom is -0.322 e. The summed E-state index contributed by atoms with van der Waals surface area (Å²) < 4.78 is 52.9. The Labute approximate surface area is 158 Å². The number of hydrogen-bond donors (Lipinski definition) is 1. The van der Waals surface area contributed by atoms with Gasteiger partial charge in [-0.05, 0) is 49.6 Å². The standard InChI is InChI=1S/C19H22F2N2O3S/c1-5-17(19(24)22-16-9-8-14(20)11-15(16)21)23(27(4,25)26)18-10-12(2)6-7-13(18)3/h6-11,17H,5H2,1-4H3,(H,22,24)/t17-/m1/s1. The van der Waals surface area contributed by atoms with Crippen molar-refractivity contribution in [1.29, 1.82) is 0 Å². The summed E-state index contributed by atoms with van der Waals surface area (Å²) in [5.74, 6) is -2.41. The van der Waals surface area contributed by atoms with Gasteiger partial charge in [-0.3, -0.25) is 9.10 Å². The highest BCUT2D eigenvalue weighted by atomic mass is 32.2. The van der Waals surface area contributed by atoms with Crippen LogP contribution in [0, 0.1) is 25.5 Å². The molecule has 0 heterocycles. The van der Waals surface area contributed by atoms with E-state index in [-0.39, 0.29) is 12.1 Å². The summed E-state index contributed by atoms with van der Waals surface area (Å²) in [6, 6.07) is 6.96. The Morgan fingerprint density at radius 1 is 1.15 bits per heavy atom. The summed E-state index contributed by atoms with van der Waals surface area (Å²) in [4.78, 5) is 12.8. The third-order valence-electron chi connectivity index (χ3n) is 4.12. The first-order valence-electron chi connectivity index (χ1n) is 8.37. The van der Waals surface area contributed by atoms with Gasteiger partial charge in [0.05, 0.1) is 17.6 Å². The zero-order valence-electron chi connectivity index (χ0n) is 15.6. The quantitative estimate of drug-likeness (QED) is 0.808. The van der Waals surface area contributed by atoms with Crippen LogP contribution >= 0.6 is 0 Å². The monoisotopic (exact) mass is 396 g/mol. The number of aryl methyl sites for hydroxylation is 2. The van der Waals surface area contributed by atoms with Crippen molar-refractivity contribution in [1.82, 2.24) is 0 Å². The molecule has 1 N–H and O–H groups in total. The van der Waals surface area contributed by atoms with Crippen LogP contribution in [0.25, 0.3) is 0 Å². The third-order valence-corrected chi connectivity index (χ3v) is 5.29. The number of sulfonamides is 1. The predicted octanol–water partition coefficient (Wildman–Crippen LogP) is 3.76. The van der Waals surface area contributed by atoms with E-state index < -0.39 is 33.6 Å². The molecule has 0 radical (unpaired) electrons. The third kappa shape index (κ3) is 4.82. The van der Waals surface area contributed by atoms with Crippen molar-refractivity contribution in [3.8, 4) is 0 Å². The summed E-state index contributed by atoms with van der Waals surface area (Å²) in [5.41, 5.74) is 1.70. The SMILES string of the molecule is CC[C@H](C(=O)Nc1ccc(F)cc1F)N(c1cc(C)ccc1C)S(C)(=O)=O. The lowest BCUT2D eigenvalue weighted by Gasteiger charge is -2.31. The maximum atomic E-state index is 13.9. The minimum absolute atomic E-state index is 0.162. The molecule has 0 aliphatic carbocycles. The Balaban J connectivity index is 2.46. The van der Waals surface area contributed by atoms with Gasteiger partial charge >= 0.3 is 0 Å². The lowest BCUT2D eigenvalue weighted by Crippen LogP contribution is -2.47. The number of hydrogen-bond acceptors (Lipinski definition) is 3. The van der Waals surface area contributed by atoms with Crippen LogP contribution in [0.4, 0.5) is 20.2 Å². The highest BCUT2D eigenvalue weighted by Gasteiger charge is 2.32. The van der Waals surface area contributed by atoms with Crippen molar-refractivity contribution >= 4 is 27.3 Å². The van der Waals surface area contributed by atoms with E-state index in [1.807, 2.05) is 13.0 Å². The van der Waals surface area contributed by atoms with Crippen LogP contribution in [0.3, 0.4) is 0 Å². The Kier molecular flexibility index (Phi) is 6.20. The Hall–Kier alpha value is -2.48. The fourth-order valence-corrected chi connectivity index (χ4v) is 4.06. The first-order valence-corrected chi connectivity index (χ1v) is 10.2. The van der Waals surface area contributed by atoms with Crippen LogP contribution in [0.1, 0.15) is 24.5 Å². The molecule has 0 aliphatic rings. The largest absolute Gasteiger partial charge is 0.322 e. The van der Waals surface area contributed by atoms with Gasteiger partial charge in [-0.15, -0.1) is 0 Å². The topological polar surface area (TPSA) is 66.5 Å². The molecule has 2 rings (SSSR count). The fourth-order valence-electron chi connectivity index (χ4n) is 2.80. The number of carbonyl (C=O) groups excluding carboxylic acids is 1. The van der Waals surface area contributed by atoms with Gasteiger partial charge in [-0.25, -0.2) is 17.2 Å². The van der Waals surface area contributed by atoms with E-state index >= 15 is 0 Å². The van der Waals surface area contributed by atoms with Gasteiger partial charge in [-0.1, -0.05) is 19.1 Å². The Morgan fingerprint density at radius 3 is 2.37 bits per heavy atom. The van der Waals surface area contributed by atoms with E-state index in [2.05, 4.69) is 5.32 Å². The highest BCUT2D eigenvalue weighted by Crippen LogP contribution is 2.28. The van der Waals surface area contributed by atoms with Gasteiger partial charge in [-0.2, -0.15) is 0 Å². The molecule has 0 spiro atoms. The van der Waals surface area contributed by atoms with E-state index in [0.29, 0.717) is 17.3 Å². The van der Waals surface area contributed by atoms with E-state index in [9.17, 15) is 22.0 Å². The van der Waals surface area contributed by atoms with Gasteiger partial charge < -0.3 is 5.32 Å². The van der Waals surface area contributed by atoms with E-state index in [4.69, 9.17) is 0 Å². The summed E-state index contributed by atoms with van der Waals surface area (Å²) >= 11 is 0. The number of halogens is 2. The van der Waals surface area contributed by atoms with Crippen molar-refractivity contribution in [3.63, 3.8) is 0 Å². The number of amides is 1. The number of nitrogens with one attached hydrogen (secondary N) is 1. The molecule has 5 nitrogen and oxygen atoms in total. The molecule has 0 fully saturated rings. The number of anilines is 2. The van der Waals surface area contributed by atoms with Crippen LogP contribution in [-0.2, 0) is 14.8 Å². The van der Waals surface area contributed by atoms with Crippen LogP contribution in [0.5, 0.6) is 0 Å². The number of rotatable bonds is 6. The molecule has 0 aliphatic heterocycles. The Bertz CT molecular complexity index is 961. The van der Waals surface area contributed by atoms with E-state index in [1.165, 1.54) is 0 Å². The van der Waals surface area contributed by atoms with E-state index in [1.54, 1.807) is 26.0 Å². The molecule has 0 bridgehead atoms. The van der Waals surface area contributed by atoms with Crippen molar-refractivity contribution in [2.75, 3.05) is 15.9 Å². The van der Waals surface area contributed by atoms with Crippen molar-refractivity contribution in [2.45, 2.75) is 33.2 Å². The second-order valence-corrected chi connectivity index (χ2v) is 8.25. The molecular formula is C19H22F2N2O3S. The maximum absolute atomic E-state index is 13.9. The maximum Gasteiger partial charge on any atom is 0.248 e. The fraction of sp³-hybridized carbons (Fsp3) is 0.316. The Morgan fingerprint density at radius 2 is 1.81 bits per heavy atom. The molecule has 146 valence electrons. The molecule has 1 amide bonds. The zero-order valence-corrected chi connectivity index (χ0v) is 16.4. The van der Waals surface area contributed by atoms with Crippen LogP contribution in [-0.4, -0.2) is 26.6 Å². The lowest BCUT2D eigenvalue weighted by molar-refractivity contribution is -0.117. The molecule has 0 saturated carbocycles. The zero-order chi connectivity index (χ0) is 20.4. The van der Waals surface area contributed by atoms with Crippen molar-refractivity contribution in [2.24, 2.45) is 0 Å². The molecule has 8 heteroatoms. The normalized spacial score (nSPS) is 12.5. The van der Waals surface area contributed by atoms with Crippen LogP contribution in [0.15, 0.2) is 36.4 Å². The van der Waals surface area contributed by atoms with Gasteiger partial charge in [0, 0.05) is 6.07 Å². The smallest absolute Gasteiger partial charge is 0.248 e. The molecule has 0 aromatic heterocycles. The van der Waals surface area contributed by atoms with Gasteiger partial charge in [0.1, 0.15) is 17.7 Å². The molecule has 2 aromatic carbocycles. The average Bonchev–Trinajstić information content (AvgIpc) is 2.56. The second-order valence-electron chi connectivity index (χ2n) is 6.39. The lowest BCUT2D eigenvalue weighted by atomic mass is 10.1. The molecular weight excluding hydrogens is 374 g/mol. The molecule has 1 atom stereocenters. The highest BCUT2D eigenvalue weighted by molar-refractivity contribution is 7.92. The molecule has 27 heavy (non-hydrogen) atoms. The van der Waals surface area contributed by atoms with E-state index in [0.717, 1.165) is 28.3 Å². The molecule has 0 saturated heterocycles. The first kappa shape index (κ1) is 20.8. The van der Waals surface area contributed by atoms with Crippen LogP contribution in [0.2, 0.25) is 0 Å². The van der Waals surface area contributed by atoms with Gasteiger partial charge in [0.25, 0.3) is 0 Å². The predicted molar refractivity (Wildman–Crippen MR) is 102 cm³/mol. The summed E-state index contributed by atoms with van der Waals surface area (Å²) in [5, 5.41) is 2.36. The number of carbonyl (C=O) groups is 1. The molecule has 0 unspecified atom stereocenters. The summed E-state index contributed by atoms with van der Waals surface area (Å²) in [7, 11) is -3.80. The van der Waals surface area contributed by atoms with Gasteiger partial charge in [0.15, 0.2) is 0 Å². The van der Waals surface area contributed by atoms with Crippen molar-refractivity contribution < 1.29 is 22.0 Å². The number of benzene rings is 2. The first-order chi connectivity index (χ1) is 12.5. The van der Waals surface area contributed by atoms with Crippen molar-refractivity contribution in [3.05, 3.63) is 59.2 Å². The average molecular weight is 396 g/mol. The minimum atomic E-state index is -3.80. The number of nitrogens with zero attached hydrogens (tertiary/aromatic N) is 1. The molecule has 2 aromatic rings. The summed E-state index contributed by atoms with van der Waals surface area (Å²) in [6.07, 6.45) is 1.18. The second kappa shape index (κ2) is 8.04. The van der Waals surface area contributed by atoms with Crippen LogP contribution < -0.4 is 9.62 Å². The summed E-state index contributed by atoms with van der Waals surface area (Å²) in [6.45, 7) is 5.23.